The zero-order chi connectivity index (χ0) is 20.4. The zero-order valence-electron chi connectivity index (χ0n) is 16.2. The summed E-state index contributed by atoms with van der Waals surface area (Å²) in [6.45, 7) is 1.87. The summed E-state index contributed by atoms with van der Waals surface area (Å²) in [6, 6.07) is 14.7. The lowest BCUT2D eigenvalue weighted by molar-refractivity contribution is -0.116. The Bertz CT molecular complexity index is 1020. The van der Waals surface area contributed by atoms with Crippen LogP contribution < -0.4 is 20.2 Å². The first kappa shape index (κ1) is 19.1. The zero-order valence-corrected chi connectivity index (χ0v) is 17.1. The number of fused-ring (bicyclic) bond motifs is 1. The van der Waals surface area contributed by atoms with E-state index in [1.807, 2.05) is 54.1 Å². The second-order valence-corrected chi connectivity index (χ2v) is 7.61. The molecule has 0 aliphatic carbocycles. The summed E-state index contributed by atoms with van der Waals surface area (Å²) in [4.78, 5) is 13.2. The van der Waals surface area contributed by atoms with Crippen molar-refractivity contribution in [2.24, 2.45) is 0 Å². The number of methoxy groups -OCH3 is 2. The molecule has 0 spiro atoms. The second kappa shape index (κ2) is 8.04. The Morgan fingerprint density at radius 1 is 1.10 bits per heavy atom. The summed E-state index contributed by atoms with van der Waals surface area (Å²) < 4.78 is 12.3. The quantitative estimate of drug-likeness (QED) is 0.667. The Labute approximate surface area is 172 Å². The minimum Gasteiger partial charge on any atom is -0.497 e. The van der Waals surface area contributed by atoms with Crippen LogP contribution >= 0.6 is 11.8 Å². The van der Waals surface area contributed by atoms with Crippen LogP contribution in [0.5, 0.6) is 11.5 Å². The van der Waals surface area contributed by atoms with Crippen LogP contribution in [0.15, 0.2) is 53.7 Å². The molecule has 4 rings (SSSR count). The molecule has 8 nitrogen and oxygen atoms in total. The predicted molar refractivity (Wildman–Crippen MR) is 111 cm³/mol. The number of hydrogen-bond donors (Lipinski definition) is 2. The Hall–Kier alpha value is -3.20. The van der Waals surface area contributed by atoms with Gasteiger partial charge in [-0.25, -0.2) is 4.68 Å². The van der Waals surface area contributed by atoms with Gasteiger partial charge in [-0.1, -0.05) is 30.0 Å². The number of nitrogens with one attached hydrogen (secondary N) is 2. The molecule has 0 unspecified atom stereocenters. The summed E-state index contributed by atoms with van der Waals surface area (Å²) in [6.07, 6.45) is 0. The fraction of sp³-hybridized carbons (Fsp3) is 0.250. The van der Waals surface area contributed by atoms with Gasteiger partial charge in [0, 0.05) is 11.8 Å². The van der Waals surface area contributed by atoms with Gasteiger partial charge in [0.2, 0.25) is 11.1 Å². The highest BCUT2D eigenvalue weighted by Crippen LogP contribution is 2.38. The number of aryl methyl sites for hydroxylation is 1. The number of thioether (sulfide) groups is 1. The van der Waals surface area contributed by atoms with Crippen molar-refractivity contribution in [2.75, 3.05) is 25.0 Å². The predicted octanol–water partition coefficient (Wildman–Crippen LogP) is 3.00. The number of hydrogen-bond acceptors (Lipinski definition) is 7. The molecule has 9 heteroatoms. The maximum absolute atomic E-state index is 13.2. The van der Waals surface area contributed by atoms with Crippen molar-refractivity contribution in [2.45, 2.75) is 23.4 Å². The number of ether oxygens (including phenoxy) is 2. The van der Waals surface area contributed by atoms with Crippen LogP contribution in [0.3, 0.4) is 0 Å². The number of carbonyl (C=O) groups excluding carboxylic acids is 1. The number of benzene rings is 2. The maximum atomic E-state index is 13.2. The highest BCUT2D eigenvalue weighted by atomic mass is 32.2. The highest BCUT2D eigenvalue weighted by molar-refractivity contribution is 8.00. The summed E-state index contributed by atoms with van der Waals surface area (Å²) in [5.41, 5.74) is 5.02. The average Bonchev–Trinajstić information content (AvgIpc) is 3.13. The number of carbonyl (C=O) groups is 1. The van der Waals surface area contributed by atoms with Crippen LogP contribution in [0.25, 0.3) is 0 Å². The summed E-state index contributed by atoms with van der Waals surface area (Å²) in [5, 5.41) is 11.5. The molecule has 0 radical (unpaired) electrons. The van der Waals surface area contributed by atoms with E-state index < -0.39 is 5.25 Å². The monoisotopic (exact) mass is 411 g/mol. The molecule has 1 aromatic heterocycles. The van der Waals surface area contributed by atoms with E-state index in [1.165, 1.54) is 11.8 Å². The Morgan fingerprint density at radius 3 is 2.59 bits per heavy atom. The average molecular weight is 411 g/mol. The van der Waals surface area contributed by atoms with Gasteiger partial charge in [0.1, 0.15) is 22.6 Å². The third kappa shape index (κ3) is 3.86. The van der Waals surface area contributed by atoms with Crippen LogP contribution in [0.2, 0.25) is 0 Å². The Morgan fingerprint density at radius 2 is 1.86 bits per heavy atom. The number of nitrogens with zero attached hydrogens (tertiary/aromatic N) is 3. The molecule has 1 aliphatic heterocycles. The van der Waals surface area contributed by atoms with E-state index in [2.05, 4.69) is 20.9 Å². The molecule has 2 aromatic carbocycles. The first-order valence-electron chi connectivity index (χ1n) is 9.03. The molecule has 2 N–H and O–H groups in total. The van der Waals surface area contributed by atoms with Gasteiger partial charge in [-0.05, 0) is 36.8 Å². The molecular formula is C20H21N5O3S. The van der Waals surface area contributed by atoms with E-state index in [0.717, 1.165) is 17.1 Å². The number of amides is 1. The van der Waals surface area contributed by atoms with Gasteiger partial charge in [-0.3, -0.25) is 4.79 Å². The van der Waals surface area contributed by atoms with Crippen LogP contribution in [0.1, 0.15) is 17.4 Å². The third-order valence-electron chi connectivity index (χ3n) is 4.67. The van der Waals surface area contributed by atoms with Gasteiger partial charge in [-0.2, -0.15) is 0 Å². The van der Waals surface area contributed by atoms with E-state index in [4.69, 9.17) is 9.47 Å². The largest absolute Gasteiger partial charge is 0.497 e. The van der Waals surface area contributed by atoms with Gasteiger partial charge in [0.05, 0.1) is 20.3 Å². The topological polar surface area (TPSA) is 90.3 Å². The normalized spacial score (nSPS) is 17.8. The van der Waals surface area contributed by atoms with Crippen LogP contribution in [-0.4, -0.2) is 40.3 Å². The molecule has 0 saturated carbocycles. The molecule has 29 heavy (non-hydrogen) atoms. The van der Waals surface area contributed by atoms with Crippen molar-refractivity contribution in [3.63, 3.8) is 0 Å². The van der Waals surface area contributed by atoms with Crippen LogP contribution in [0.4, 0.5) is 5.69 Å². The van der Waals surface area contributed by atoms with E-state index in [-0.39, 0.29) is 11.9 Å². The molecular weight excluding hydrogens is 390 g/mol. The minimum atomic E-state index is -0.453. The molecule has 0 saturated heterocycles. The van der Waals surface area contributed by atoms with E-state index in [0.29, 0.717) is 16.6 Å². The summed E-state index contributed by atoms with van der Waals surface area (Å²) in [7, 11) is 3.22. The van der Waals surface area contributed by atoms with Gasteiger partial charge in [0.25, 0.3) is 0 Å². The fourth-order valence-electron chi connectivity index (χ4n) is 3.14. The van der Waals surface area contributed by atoms with Gasteiger partial charge in [-0.15, -0.1) is 10.2 Å². The molecule has 2 atom stereocenters. The molecule has 1 aliphatic rings. The lowest BCUT2D eigenvalue weighted by Crippen LogP contribution is -2.41. The molecule has 0 fully saturated rings. The first-order chi connectivity index (χ1) is 14.1. The highest BCUT2D eigenvalue weighted by Gasteiger charge is 2.37. The lowest BCUT2D eigenvalue weighted by Gasteiger charge is -2.32. The molecule has 2 heterocycles. The van der Waals surface area contributed by atoms with Crippen molar-refractivity contribution >= 4 is 23.4 Å². The fourth-order valence-corrected chi connectivity index (χ4v) is 4.26. The lowest BCUT2D eigenvalue weighted by atomic mass is 10.0. The SMILES string of the molecule is COc1ccc([C@@H]2Nn3c(C)nnc3S[C@H]2C(=O)Nc2cccc(OC)c2)cc1. The number of rotatable bonds is 5. The number of aromatic nitrogens is 3. The maximum Gasteiger partial charge on any atom is 0.240 e. The Kier molecular flexibility index (Phi) is 5.30. The number of anilines is 1. The summed E-state index contributed by atoms with van der Waals surface area (Å²) >= 11 is 1.38. The van der Waals surface area contributed by atoms with Crippen molar-refractivity contribution in [1.82, 2.24) is 14.9 Å². The molecule has 0 bridgehead atoms. The second-order valence-electron chi connectivity index (χ2n) is 6.50. The molecule has 3 aromatic rings. The van der Waals surface area contributed by atoms with E-state index in [9.17, 15) is 4.79 Å². The van der Waals surface area contributed by atoms with Crippen molar-refractivity contribution in [3.05, 3.63) is 59.9 Å². The third-order valence-corrected chi connectivity index (χ3v) is 5.88. The minimum absolute atomic E-state index is 0.136. The van der Waals surface area contributed by atoms with Gasteiger partial charge in [0.15, 0.2) is 0 Å². The summed E-state index contributed by atoms with van der Waals surface area (Å²) in [5.74, 6) is 2.04. The smallest absolute Gasteiger partial charge is 0.240 e. The van der Waals surface area contributed by atoms with E-state index in [1.54, 1.807) is 20.3 Å². The molecule has 150 valence electrons. The van der Waals surface area contributed by atoms with Crippen LogP contribution in [-0.2, 0) is 4.79 Å². The van der Waals surface area contributed by atoms with Crippen LogP contribution in [0, 0.1) is 6.92 Å². The van der Waals surface area contributed by atoms with Crippen molar-refractivity contribution in [1.29, 1.82) is 0 Å². The van der Waals surface area contributed by atoms with Crippen molar-refractivity contribution < 1.29 is 14.3 Å². The van der Waals surface area contributed by atoms with Gasteiger partial charge >= 0.3 is 0 Å². The molecule has 1 amide bonds. The first-order valence-corrected chi connectivity index (χ1v) is 9.91. The van der Waals surface area contributed by atoms with Crippen molar-refractivity contribution in [3.8, 4) is 11.5 Å². The Balaban J connectivity index is 1.64. The standard InChI is InChI=1S/C20H21N5O3S/c1-12-22-23-20-25(12)24-17(13-7-9-15(27-2)10-8-13)18(29-20)19(26)21-14-5-4-6-16(11-14)28-3/h4-11,17-18,24H,1-3H3,(H,21,26)/t17-,18+/m0/s1. The van der Waals surface area contributed by atoms with Gasteiger partial charge < -0.3 is 20.2 Å². The van der Waals surface area contributed by atoms with E-state index >= 15 is 0 Å².